The lowest BCUT2D eigenvalue weighted by molar-refractivity contribution is -0.137. The number of thioether (sulfide) groups is 1. The topological polar surface area (TPSA) is 71.1 Å². The Kier molecular flexibility index (Phi) is 7.58. The Morgan fingerprint density at radius 2 is 1.65 bits per heavy atom. The lowest BCUT2D eigenvalue weighted by Crippen LogP contribution is -2.43. The summed E-state index contributed by atoms with van der Waals surface area (Å²) in [5.74, 6) is -0.734. The van der Waals surface area contributed by atoms with Gasteiger partial charge in [0.2, 0.25) is 11.8 Å². The number of hydrogen-bond donors (Lipinski definition) is 2. The van der Waals surface area contributed by atoms with Crippen molar-refractivity contribution in [1.82, 2.24) is 15.8 Å². The Bertz CT molecular complexity index is 1050. The highest BCUT2D eigenvalue weighted by molar-refractivity contribution is 8.00. The molecule has 1 aromatic heterocycles. The monoisotopic (exact) mass is 485 g/mol. The number of nitrogens with zero attached hydrogens (tertiary/aromatic N) is 1. The molecule has 0 saturated heterocycles. The van der Waals surface area contributed by atoms with Crippen LogP contribution < -0.4 is 10.9 Å². The van der Waals surface area contributed by atoms with Crippen molar-refractivity contribution in [1.29, 1.82) is 0 Å². The highest BCUT2D eigenvalue weighted by Crippen LogP contribution is 2.31. The van der Waals surface area contributed by atoms with Crippen LogP contribution in [0.5, 0.6) is 0 Å². The molecular weight excluding hydrogens is 471 g/mol. The molecule has 0 saturated carbocycles. The predicted octanol–water partition coefficient (Wildman–Crippen LogP) is 4.96. The molecule has 0 aliphatic carbocycles. The molecule has 2 amide bonds. The number of carbonyl (C=O) groups is 2. The molecule has 0 spiro atoms. The van der Waals surface area contributed by atoms with Gasteiger partial charge >= 0.3 is 6.18 Å². The summed E-state index contributed by atoms with van der Waals surface area (Å²) in [5, 5.41) is 2.75. The predicted molar refractivity (Wildman–Crippen MR) is 115 cm³/mol. The minimum absolute atomic E-state index is 0.0816. The number of amides is 2. The van der Waals surface area contributed by atoms with Crippen LogP contribution in [0.3, 0.4) is 0 Å². The highest BCUT2D eigenvalue weighted by Gasteiger charge is 2.30. The Labute approximate surface area is 189 Å². The van der Waals surface area contributed by atoms with Crippen LogP contribution in [0.25, 0.3) is 10.6 Å². The van der Waals surface area contributed by atoms with Crippen molar-refractivity contribution in [3.63, 3.8) is 0 Å². The van der Waals surface area contributed by atoms with Crippen LogP contribution in [0.15, 0.2) is 58.8 Å². The quantitative estimate of drug-likeness (QED) is 0.382. The van der Waals surface area contributed by atoms with Gasteiger partial charge in [-0.1, -0.05) is 23.7 Å². The van der Waals surface area contributed by atoms with E-state index >= 15 is 0 Å². The van der Waals surface area contributed by atoms with E-state index in [1.165, 1.54) is 35.2 Å². The summed E-state index contributed by atoms with van der Waals surface area (Å²) in [6.45, 7) is 0. The van der Waals surface area contributed by atoms with E-state index in [0.717, 1.165) is 17.0 Å². The summed E-state index contributed by atoms with van der Waals surface area (Å²) < 4.78 is 38.0. The third-order valence-corrected chi connectivity index (χ3v) is 6.08. The number of thiazole rings is 1. The average molecular weight is 486 g/mol. The van der Waals surface area contributed by atoms with Gasteiger partial charge in [-0.25, -0.2) is 4.98 Å². The Morgan fingerprint density at radius 1 is 1.00 bits per heavy atom. The summed E-state index contributed by atoms with van der Waals surface area (Å²) in [6.07, 6.45) is -4.48. The van der Waals surface area contributed by atoms with E-state index in [0.29, 0.717) is 21.3 Å². The van der Waals surface area contributed by atoms with E-state index in [4.69, 9.17) is 11.6 Å². The molecule has 11 heteroatoms. The second-order valence-corrected chi connectivity index (χ2v) is 8.58. The minimum Gasteiger partial charge on any atom is -0.273 e. The van der Waals surface area contributed by atoms with E-state index in [1.54, 1.807) is 29.6 Å². The van der Waals surface area contributed by atoms with Crippen LogP contribution in [0.2, 0.25) is 5.02 Å². The first kappa shape index (κ1) is 23.1. The molecule has 1 heterocycles. The molecule has 0 aliphatic rings. The molecule has 31 heavy (non-hydrogen) atoms. The zero-order valence-electron chi connectivity index (χ0n) is 15.7. The molecule has 0 radical (unpaired) electrons. The van der Waals surface area contributed by atoms with Gasteiger partial charge in [0, 0.05) is 20.9 Å². The molecule has 0 unspecified atom stereocenters. The Hall–Kier alpha value is -2.56. The third kappa shape index (κ3) is 6.98. The molecule has 2 N–H and O–H groups in total. The van der Waals surface area contributed by atoms with E-state index in [9.17, 15) is 22.8 Å². The van der Waals surface area contributed by atoms with Gasteiger partial charge in [-0.05, 0) is 36.4 Å². The fourth-order valence-electron chi connectivity index (χ4n) is 2.39. The van der Waals surface area contributed by atoms with Crippen molar-refractivity contribution in [3.05, 3.63) is 70.2 Å². The van der Waals surface area contributed by atoms with Crippen molar-refractivity contribution in [2.75, 3.05) is 5.75 Å². The largest absolute Gasteiger partial charge is 0.416 e. The SMILES string of the molecule is O=C(CSc1ccc(Cl)cc1)NNC(=O)Cc1csc(-c2ccc(C(F)(F)F)cc2)n1. The van der Waals surface area contributed by atoms with Gasteiger partial charge in [-0.2, -0.15) is 13.2 Å². The smallest absolute Gasteiger partial charge is 0.273 e. The molecular formula is C20H15ClF3N3O2S2. The maximum absolute atomic E-state index is 12.7. The number of aromatic nitrogens is 1. The summed E-state index contributed by atoms with van der Waals surface area (Å²) in [6, 6.07) is 11.7. The van der Waals surface area contributed by atoms with Gasteiger partial charge in [-0.3, -0.25) is 20.4 Å². The summed E-state index contributed by atoms with van der Waals surface area (Å²) in [7, 11) is 0. The van der Waals surface area contributed by atoms with Crippen LogP contribution in [0, 0.1) is 0 Å². The minimum atomic E-state index is -4.40. The van der Waals surface area contributed by atoms with E-state index < -0.39 is 17.6 Å². The molecule has 162 valence electrons. The van der Waals surface area contributed by atoms with E-state index in [2.05, 4.69) is 15.8 Å². The molecule has 0 aliphatic heterocycles. The van der Waals surface area contributed by atoms with Gasteiger partial charge in [-0.15, -0.1) is 23.1 Å². The van der Waals surface area contributed by atoms with Crippen molar-refractivity contribution in [2.24, 2.45) is 0 Å². The first-order valence-electron chi connectivity index (χ1n) is 8.79. The highest BCUT2D eigenvalue weighted by atomic mass is 35.5. The summed E-state index contributed by atoms with van der Waals surface area (Å²) >= 11 is 8.31. The zero-order chi connectivity index (χ0) is 22.4. The maximum atomic E-state index is 12.7. The number of nitrogens with one attached hydrogen (secondary N) is 2. The average Bonchev–Trinajstić information content (AvgIpc) is 3.19. The lowest BCUT2D eigenvalue weighted by atomic mass is 10.1. The van der Waals surface area contributed by atoms with E-state index in [1.807, 2.05) is 0 Å². The van der Waals surface area contributed by atoms with Gasteiger partial charge in [0.15, 0.2) is 0 Å². The third-order valence-electron chi connectivity index (χ3n) is 3.88. The molecule has 3 aromatic rings. The standard InChI is InChI=1S/C20H15ClF3N3O2S2/c21-14-5-7-16(8-6-14)30-11-18(29)27-26-17(28)9-15-10-31-19(25-15)12-1-3-13(4-2-12)20(22,23)24/h1-8,10H,9,11H2,(H,26,28)(H,27,29). The number of rotatable bonds is 6. The molecule has 0 atom stereocenters. The number of halogens is 4. The van der Waals surface area contributed by atoms with Gasteiger partial charge < -0.3 is 0 Å². The fraction of sp³-hybridized carbons (Fsp3) is 0.150. The van der Waals surface area contributed by atoms with Crippen LogP contribution in [-0.4, -0.2) is 22.6 Å². The van der Waals surface area contributed by atoms with Crippen molar-refractivity contribution in [2.45, 2.75) is 17.5 Å². The van der Waals surface area contributed by atoms with Crippen LogP contribution in [-0.2, 0) is 22.2 Å². The molecule has 2 aromatic carbocycles. The van der Waals surface area contributed by atoms with Crippen molar-refractivity contribution >= 4 is 46.5 Å². The molecule has 0 bridgehead atoms. The van der Waals surface area contributed by atoms with Crippen molar-refractivity contribution < 1.29 is 22.8 Å². The lowest BCUT2D eigenvalue weighted by Gasteiger charge is -2.07. The van der Waals surface area contributed by atoms with Gasteiger partial charge in [0.1, 0.15) is 5.01 Å². The van der Waals surface area contributed by atoms with E-state index in [-0.39, 0.29) is 18.1 Å². The number of benzene rings is 2. The zero-order valence-corrected chi connectivity index (χ0v) is 18.1. The van der Waals surface area contributed by atoms with Crippen LogP contribution in [0.1, 0.15) is 11.3 Å². The number of hydrazine groups is 1. The normalized spacial score (nSPS) is 11.2. The second-order valence-electron chi connectivity index (χ2n) is 6.23. The summed E-state index contributed by atoms with van der Waals surface area (Å²) in [4.78, 5) is 29.0. The van der Waals surface area contributed by atoms with Gasteiger partial charge in [0.05, 0.1) is 23.4 Å². The second kappa shape index (κ2) is 10.2. The molecule has 3 rings (SSSR count). The molecule has 0 fully saturated rings. The Morgan fingerprint density at radius 3 is 2.29 bits per heavy atom. The first-order chi connectivity index (χ1) is 14.7. The molecule has 5 nitrogen and oxygen atoms in total. The maximum Gasteiger partial charge on any atom is 0.416 e. The summed E-state index contributed by atoms with van der Waals surface area (Å²) in [5.41, 5.74) is 4.88. The number of alkyl halides is 3. The number of carbonyl (C=O) groups excluding carboxylic acids is 2. The number of hydrogen-bond acceptors (Lipinski definition) is 5. The fourth-order valence-corrected chi connectivity index (χ4v) is 4.04. The Balaban J connectivity index is 1.46. The van der Waals surface area contributed by atoms with Crippen molar-refractivity contribution in [3.8, 4) is 10.6 Å². The first-order valence-corrected chi connectivity index (χ1v) is 11.0. The van der Waals surface area contributed by atoms with Crippen LogP contribution in [0.4, 0.5) is 13.2 Å². The van der Waals surface area contributed by atoms with Gasteiger partial charge in [0.25, 0.3) is 0 Å². The van der Waals surface area contributed by atoms with Crippen LogP contribution >= 0.6 is 34.7 Å².